The summed E-state index contributed by atoms with van der Waals surface area (Å²) in [4.78, 5) is 17.9. The highest BCUT2D eigenvalue weighted by molar-refractivity contribution is 5.80. The van der Waals surface area contributed by atoms with E-state index in [1.165, 1.54) is 12.2 Å². The second-order valence-corrected chi connectivity index (χ2v) is 3.32. The summed E-state index contributed by atoms with van der Waals surface area (Å²) in [6.07, 6.45) is 0. The van der Waals surface area contributed by atoms with Gasteiger partial charge in [-0.25, -0.2) is 4.79 Å². The lowest BCUT2D eigenvalue weighted by Gasteiger charge is -2.25. The van der Waals surface area contributed by atoms with E-state index in [2.05, 4.69) is 6.58 Å². The number of nitrogens with zero attached hydrogens (tertiary/aromatic N) is 2. The third-order valence-electron chi connectivity index (χ3n) is 2.43. The second-order valence-electron chi connectivity index (χ2n) is 3.32. The average molecular weight is 170 g/mol. The van der Waals surface area contributed by atoms with Crippen LogP contribution in [0, 0.1) is 0 Å². The number of amides is 2. The zero-order chi connectivity index (χ0) is 9.52. The minimum atomic E-state index is -0.354. The molecule has 0 aromatic rings. The van der Waals surface area contributed by atoms with Crippen LogP contribution in [0.3, 0.4) is 0 Å². The van der Waals surface area contributed by atoms with E-state index in [-0.39, 0.29) is 11.6 Å². The molecule has 68 valence electrons. The molecule has 0 aliphatic carbocycles. The highest BCUT2D eigenvalue weighted by atomic mass is 16.7. The molecule has 2 amide bonds. The van der Waals surface area contributed by atoms with Crippen LogP contribution < -0.4 is 0 Å². The third-order valence-corrected chi connectivity index (χ3v) is 2.43. The van der Waals surface area contributed by atoms with Gasteiger partial charge < -0.3 is 4.90 Å². The van der Waals surface area contributed by atoms with Gasteiger partial charge in [-0.1, -0.05) is 6.58 Å². The van der Waals surface area contributed by atoms with Crippen molar-refractivity contribution in [2.75, 3.05) is 14.2 Å². The number of hydrogen-bond acceptors (Lipinski definition) is 2. The van der Waals surface area contributed by atoms with E-state index in [0.717, 1.165) is 0 Å². The van der Waals surface area contributed by atoms with Crippen molar-refractivity contribution < 1.29 is 9.63 Å². The molecular formula is C8H14N2O2. The molecule has 0 spiro atoms. The molecule has 0 aromatic heterocycles. The molecular weight excluding hydrogens is 156 g/mol. The van der Waals surface area contributed by atoms with Gasteiger partial charge in [0.1, 0.15) is 0 Å². The highest BCUT2D eigenvalue weighted by Crippen LogP contribution is 2.32. The molecule has 0 radical (unpaired) electrons. The van der Waals surface area contributed by atoms with Crippen molar-refractivity contribution >= 4 is 6.03 Å². The Bertz CT molecular complexity index is 235. The minimum absolute atomic E-state index is 0.174. The summed E-state index contributed by atoms with van der Waals surface area (Å²) >= 11 is 0. The molecule has 1 heterocycles. The fourth-order valence-corrected chi connectivity index (χ4v) is 1.12. The zero-order valence-electron chi connectivity index (χ0n) is 7.92. The third kappa shape index (κ3) is 0.914. The minimum Gasteiger partial charge on any atom is -0.315 e. The molecule has 1 aliphatic heterocycles. The summed E-state index contributed by atoms with van der Waals surface area (Å²) in [7, 11) is 3.19. The van der Waals surface area contributed by atoms with Crippen LogP contribution in [0.2, 0.25) is 0 Å². The van der Waals surface area contributed by atoms with Gasteiger partial charge >= 0.3 is 6.03 Å². The molecule has 1 rings (SSSR count). The summed E-state index contributed by atoms with van der Waals surface area (Å²) in [6.45, 7) is 7.64. The molecule has 0 saturated carbocycles. The standard InChI is InChI=1S/C8H14N2O2/c1-6-8(2,3)9(4)7(11)10(6)12-5/h1H2,2-5H3. The summed E-state index contributed by atoms with van der Waals surface area (Å²) in [5.74, 6) is 0. The Hall–Kier alpha value is -1.03. The summed E-state index contributed by atoms with van der Waals surface area (Å²) in [5, 5.41) is 1.21. The average Bonchev–Trinajstić information content (AvgIpc) is 2.15. The van der Waals surface area contributed by atoms with Crippen LogP contribution in [0.1, 0.15) is 13.8 Å². The fourth-order valence-electron chi connectivity index (χ4n) is 1.12. The van der Waals surface area contributed by atoms with Crippen molar-refractivity contribution in [1.29, 1.82) is 0 Å². The Morgan fingerprint density at radius 3 is 2.17 bits per heavy atom. The van der Waals surface area contributed by atoms with Gasteiger partial charge in [0.15, 0.2) is 0 Å². The van der Waals surface area contributed by atoms with E-state index in [9.17, 15) is 4.79 Å². The van der Waals surface area contributed by atoms with Crippen LogP contribution in [0.15, 0.2) is 12.3 Å². The number of likely N-dealkylation sites (N-methyl/N-ethyl adjacent to an activating group) is 1. The lowest BCUT2D eigenvalue weighted by atomic mass is 10.0. The molecule has 0 atom stereocenters. The first kappa shape index (κ1) is 9.06. The molecule has 12 heavy (non-hydrogen) atoms. The van der Waals surface area contributed by atoms with E-state index >= 15 is 0 Å². The molecule has 0 unspecified atom stereocenters. The quantitative estimate of drug-likeness (QED) is 0.592. The lowest BCUT2D eigenvalue weighted by Crippen LogP contribution is -2.37. The van der Waals surface area contributed by atoms with E-state index in [1.807, 2.05) is 13.8 Å². The Labute approximate surface area is 72.3 Å². The molecule has 1 aliphatic rings. The van der Waals surface area contributed by atoms with Gasteiger partial charge in [0.05, 0.1) is 18.3 Å². The second kappa shape index (κ2) is 2.48. The summed E-state index contributed by atoms with van der Waals surface area (Å²) in [6, 6.07) is -0.174. The number of rotatable bonds is 1. The number of hydroxylamine groups is 2. The summed E-state index contributed by atoms with van der Waals surface area (Å²) in [5.41, 5.74) is 0.310. The molecule has 1 saturated heterocycles. The van der Waals surface area contributed by atoms with Gasteiger partial charge in [0.2, 0.25) is 0 Å². The predicted octanol–water partition coefficient (Wildman–Crippen LogP) is 1.21. The molecule has 4 nitrogen and oxygen atoms in total. The maximum absolute atomic E-state index is 11.4. The van der Waals surface area contributed by atoms with Crippen LogP contribution in [0.4, 0.5) is 4.79 Å². The van der Waals surface area contributed by atoms with Crippen LogP contribution >= 0.6 is 0 Å². The van der Waals surface area contributed by atoms with Gasteiger partial charge in [-0.05, 0) is 13.8 Å². The van der Waals surface area contributed by atoms with Crippen molar-refractivity contribution in [1.82, 2.24) is 9.96 Å². The Balaban J connectivity index is 3.02. The Kier molecular flexibility index (Phi) is 1.88. The largest absolute Gasteiger partial charge is 0.349 e. The molecule has 0 N–H and O–H groups in total. The molecule has 1 fully saturated rings. The molecule has 0 aromatic carbocycles. The van der Waals surface area contributed by atoms with E-state index < -0.39 is 0 Å². The van der Waals surface area contributed by atoms with Gasteiger partial charge in [0.25, 0.3) is 0 Å². The number of urea groups is 1. The van der Waals surface area contributed by atoms with Gasteiger partial charge in [-0.3, -0.25) is 4.84 Å². The monoisotopic (exact) mass is 170 g/mol. The highest BCUT2D eigenvalue weighted by Gasteiger charge is 2.45. The Morgan fingerprint density at radius 1 is 1.50 bits per heavy atom. The number of hydrogen-bond donors (Lipinski definition) is 0. The molecule has 0 bridgehead atoms. The van der Waals surface area contributed by atoms with Crippen LogP contribution in [-0.2, 0) is 4.84 Å². The fraction of sp³-hybridized carbons (Fsp3) is 0.625. The van der Waals surface area contributed by atoms with Crippen molar-refractivity contribution in [3.8, 4) is 0 Å². The van der Waals surface area contributed by atoms with Crippen molar-refractivity contribution in [2.45, 2.75) is 19.4 Å². The first-order valence-corrected chi connectivity index (χ1v) is 3.74. The SMILES string of the molecule is C=C1N(OC)C(=O)N(C)C1(C)C. The first-order valence-electron chi connectivity index (χ1n) is 3.74. The van der Waals surface area contributed by atoms with Crippen molar-refractivity contribution in [3.63, 3.8) is 0 Å². The van der Waals surface area contributed by atoms with Crippen molar-refractivity contribution in [3.05, 3.63) is 12.3 Å². The first-order chi connectivity index (χ1) is 5.42. The number of carbonyl (C=O) groups is 1. The van der Waals surface area contributed by atoms with E-state index in [1.54, 1.807) is 11.9 Å². The maximum Gasteiger partial charge on any atom is 0.349 e. The number of carbonyl (C=O) groups excluding carboxylic acids is 1. The van der Waals surface area contributed by atoms with Gasteiger partial charge in [-0.2, -0.15) is 5.06 Å². The van der Waals surface area contributed by atoms with Crippen molar-refractivity contribution in [2.24, 2.45) is 0 Å². The van der Waals surface area contributed by atoms with E-state index in [4.69, 9.17) is 4.84 Å². The van der Waals surface area contributed by atoms with Crippen LogP contribution in [-0.4, -0.2) is 35.7 Å². The molecule has 4 heteroatoms. The zero-order valence-corrected chi connectivity index (χ0v) is 7.92. The predicted molar refractivity (Wildman–Crippen MR) is 45.2 cm³/mol. The summed E-state index contributed by atoms with van der Waals surface area (Å²) < 4.78 is 0. The smallest absolute Gasteiger partial charge is 0.315 e. The van der Waals surface area contributed by atoms with Gasteiger partial charge in [-0.15, -0.1) is 0 Å². The van der Waals surface area contributed by atoms with E-state index in [0.29, 0.717) is 5.70 Å². The lowest BCUT2D eigenvalue weighted by molar-refractivity contribution is -0.0504. The van der Waals surface area contributed by atoms with Crippen LogP contribution in [0.25, 0.3) is 0 Å². The van der Waals surface area contributed by atoms with Gasteiger partial charge in [0, 0.05) is 7.05 Å². The Morgan fingerprint density at radius 2 is 2.00 bits per heavy atom. The topological polar surface area (TPSA) is 32.8 Å². The normalized spacial score (nSPS) is 22.3. The maximum atomic E-state index is 11.4. The van der Waals surface area contributed by atoms with Crippen LogP contribution in [0.5, 0.6) is 0 Å².